The van der Waals surface area contributed by atoms with Gasteiger partial charge in [-0.15, -0.1) is 0 Å². The molecular weight excluding hydrogens is 406 g/mol. The van der Waals surface area contributed by atoms with Gasteiger partial charge in [0.25, 0.3) is 5.82 Å². The van der Waals surface area contributed by atoms with Crippen molar-refractivity contribution in [3.8, 4) is 5.75 Å². The van der Waals surface area contributed by atoms with Crippen LogP contribution in [-0.4, -0.2) is 11.1 Å². The van der Waals surface area contributed by atoms with E-state index in [-0.39, 0.29) is 0 Å². The van der Waals surface area contributed by atoms with E-state index in [1.165, 1.54) is 44.7 Å². The summed E-state index contributed by atoms with van der Waals surface area (Å²) < 4.78 is 11.1. The lowest BCUT2D eigenvalue weighted by molar-refractivity contribution is -0.648. The first-order chi connectivity index (χ1) is 16.1. The Hall–Kier alpha value is -3.79. The Morgan fingerprint density at radius 2 is 1.73 bits per heavy atom. The van der Waals surface area contributed by atoms with Gasteiger partial charge in [-0.25, -0.2) is 9.13 Å². The molecule has 0 amide bonds. The highest BCUT2D eigenvalue weighted by Gasteiger charge is 2.32. The first kappa shape index (κ1) is 19.9. The van der Waals surface area contributed by atoms with Crippen molar-refractivity contribution < 1.29 is 9.30 Å². The zero-order valence-electron chi connectivity index (χ0n) is 19.6. The summed E-state index contributed by atoms with van der Waals surface area (Å²) in [6.45, 7) is 8.20. The maximum atomic E-state index is 6.33. The summed E-state index contributed by atoms with van der Waals surface area (Å²) in [6.07, 6.45) is 4.36. The van der Waals surface area contributed by atoms with Gasteiger partial charge in [-0.1, -0.05) is 36.4 Å². The van der Waals surface area contributed by atoms with Crippen molar-refractivity contribution in [2.45, 2.75) is 27.3 Å². The monoisotopic (exact) mass is 434 g/mol. The van der Waals surface area contributed by atoms with Gasteiger partial charge in [-0.3, -0.25) is 0 Å². The number of rotatable bonds is 2. The molecule has 6 rings (SSSR count). The Kier molecular flexibility index (Phi) is 4.44. The van der Waals surface area contributed by atoms with Crippen molar-refractivity contribution in [3.63, 3.8) is 0 Å². The molecule has 33 heavy (non-hydrogen) atoms. The van der Waals surface area contributed by atoms with Crippen molar-refractivity contribution in [1.29, 1.82) is 0 Å². The van der Waals surface area contributed by atoms with Crippen LogP contribution in [0.1, 0.15) is 35.0 Å². The molecule has 0 saturated heterocycles. The molecule has 0 atom stereocenters. The van der Waals surface area contributed by atoms with E-state index in [0.29, 0.717) is 0 Å². The van der Waals surface area contributed by atoms with Gasteiger partial charge in [-0.05, 0) is 73.9 Å². The molecule has 3 aromatic carbocycles. The Morgan fingerprint density at radius 3 is 2.58 bits per heavy atom. The molecule has 0 unspecified atom stereocenters. The van der Waals surface area contributed by atoms with Crippen LogP contribution < -0.4 is 14.2 Å². The second kappa shape index (κ2) is 7.38. The predicted molar refractivity (Wildman–Crippen MR) is 133 cm³/mol. The van der Waals surface area contributed by atoms with Gasteiger partial charge in [0.1, 0.15) is 6.54 Å². The number of benzene rings is 3. The number of allylic oxidation sites excluding steroid dienone is 2. The van der Waals surface area contributed by atoms with Crippen LogP contribution in [-0.2, 0) is 13.6 Å². The number of imidazole rings is 1. The number of hydrogen-bond donors (Lipinski definition) is 0. The number of nitrogens with zero attached hydrogens (tertiary/aromatic N) is 3. The van der Waals surface area contributed by atoms with E-state index in [1.54, 1.807) is 0 Å². The summed E-state index contributed by atoms with van der Waals surface area (Å²) in [5.74, 6) is 3.03. The van der Waals surface area contributed by atoms with Crippen LogP contribution >= 0.6 is 0 Å². The minimum atomic E-state index is 0.856. The first-order valence-corrected chi connectivity index (χ1v) is 11.6. The molecule has 0 radical (unpaired) electrons. The molecule has 3 heterocycles. The van der Waals surface area contributed by atoms with E-state index in [2.05, 4.69) is 115 Å². The first-order valence-electron chi connectivity index (χ1n) is 11.6. The number of ether oxygens (including phenoxy) is 1. The van der Waals surface area contributed by atoms with Crippen LogP contribution in [0.15, 0.2) is 78.7 Å². The second-order valence-electron chi connectivity index (χ2n) is 8.95. The van der Waals surface area contributed by atoms with Gasteiger partial charge < -0.3 is 9.64 Å². The molecule has 0 aliphatic carbocycles. The van der Waals surface area contributed by atoms with Crippen LogP contribution in [0.4, 0.5) is 5.69 Å². The molecule has 0 bridgehead atoms. The van der Waals surface area contributed by atoms with Crippen molar-refractivity contribution in [2.75, 3.05) is 11.4 Å². The number of hydrogen-bond acceptors (Lipinski definition) is 2. The molecule has 4 heteroatoms. The summed E-state index contributed by atoms with van der Waals surface area (Å²) in [5, 5.41) is 0. The van der Waals surface area contributed by atoms with Crippen LogP contribution in [0.3, 0.4) is 0 Å². The van der Waals surface area contributed by atoms with Gasteiger partial charge >= 0.3 is 0 Å². The zero-order chi connectivity index (χ0) is 22.7. The highest BCUT2D eigenvalue weighted by molar-refractivity contribution is 5.85. The van der Waals surface area contributed by atoms with Crippen LogP contribution in [0.25, 0.3) is 16.6 Å². The van der Waals surface area contributed by atoms with Crippen LogP contribution in [0.2, 0.25) is 0 Å². The largest absolute Gasteiger partial charge is 0.439 e. The molecule has 4 nitrogen and oxygen atoms in total. The number of fused-ring (bicyclic) bond motifs is 5. The zero-order valence-corrected chi connectivity index (χ0v) is 19.6. The van der Waals surface area contributed by atoms with E-state index < -0.39 is 0 Å². The average Bonchev–Trinajstić information content (AvgIpc) is 3.31. The number of para-hydroxylation sites is 2. The van der Waals surface area contributed by atoms with Crippen molar-refractivity contribution in [2.24, 2.45) is 7.05 Å². The fourth-order valence-corrected chi connectivity index (χ4v) is 5.21. The normalized spacial score (nSPS) is 16.8. The maximum Gasteiger partial charge on any atom is 0.290 e. The lowest BCUT2D eigenvalue weighted by Crippen LogP contribution is -2.34. The van der Waals surface area contributed by atoms with E-state index in [0.717, 1.165) is 30.4 Å². The topological polar surface area (TPSA) is 21.3 Å². The Balaban J connectivity index is 1.53. The highest BCUT2D eigenvalue weighted by atomic mass is 16.5. The molecule has 2 aliphatic heterocycles. The van der Waals surface area contributed by atoms with Gasteiger partial charge in [0.2, 0.25) is 5.88 Å². The summed E-state index contributed by atoms with van der Waals surface area (Å²) in [4.78, 5) is 2.25. The maximum absolute atomic E-state index is 6.33. The van der Waals surface area contributed by atoms with Gasteiger partial charge in [0, 0.05) is 12.1 Å². The Bertz CT molecular complexity index is 1490. The molecule has 164 valence electrons. The summed E-state index contributed by atoms with van der Waals surface area (Å²) in [5.41, 5.74) is 10.0. The Morgan fingerprint density at radius 1 is 0.970 bits per heavy atom. The average molecular weight is 435 g/mol. The molecule has 4 aromatic rings. The lowest BCUT2D eigenvalue weighted by Gasteiger charge is -2.18. The third-order valence-corrected chi connectivity index (χ3v) is 7.04. The third kappa shape index (κ3) is 2.94. The van der Waals surface area contributed by atoms with E-state index >= 15 is 0 Å². The molecule has 0 fully saturated rings. The second-order valence-corrected chi connectivity index (χ2v) is 8.95. The van der Waals surface area contributed by atoms with Gasteiger partial charge in [0.05, 0.1) is 18.3 Å². The molecule has 0 spiro atoms. The molecular formula is C29H28N3O+. The van der Waals surface area contributed by atoms with Gasteiger partial charge in [-0.2, -0.15) is 0 Å². The molecule has 0 saturated carbocycles. The van der Waals surface area contributed by atoms with E-state index in [1.807, 2.05) is 0 Å². The van der Waals surface area contributed by atoms with Crippen molar-refractivity contribution >= 4 is 22.3 Å². The summed E-state index contributed by atoms with van der Waals surface area (Å²) in [6, 6.07) is 21.7. The van der Waals surface area contributed by atoms with E-state index in [4.69, 9.17) is 4.74 Å². The lowest BCUT2D eigenvalue weighted by atomic mass is 9.95. The quantitative estimate of drug-likeness (QED) is 0.336. The molecule has 1 aromatic heterocycles. The summed E-state index contributed by atoms with van der Waals surface area (Å²) >= 11 is 0. The fraction of sp³-hybridized carbons (Fsp3) is 0.207. The number of anilines is 1. The summed E-state index contributed by atoms with van der Waals surface area (Å²) in [7, 11) is 2.16. The predicted octanol–water partition coefficient (Wildman–Crippen LogP) is 5.64. The van der Waals surface area contributed by atoms with Gasteiger partial charge in [0.15, 0.2) is 16.8 Å². The van der Waals surface area contributed by atoms with Crippen molar-refractivity contribution in [1.82, 2.24) is 4.57 Å². The third-order valence-electron chi connectivity index (χ3n) is 7.04. The minimum Gasteiger partial charge on any atom is -0.439 e. The van der Waals surface area contributed by atoms with E-state index in [9.17, 15) is 0 Å². The Labute approximate surface area is 194 Å². The minimum absolute atomic E-state index is 0.856. The van der Waals surface area contributed by atoms with Crippen LogP contribution in [0, 0.1) is 13.8 Å². The fourth-order valence-electron chi connectivity index (χ4n) is 5.21. The highest BCUT2D eigenvalue weighted by Crippen LogP contribution is 2.41. The smallest absolute Gasteiger partial charge is 0.290 e. The van der Waals surface area contributed by atoms with Crippen molar-refractivity contribution in [3.05, 3.63) is 107 Å². The number of aryl methyl sites for hydroxylation is 3. The van der Waals surface area contributed by atoms with Crippen LogP contribution in [0.5, 0.6) is 5.75 Å². The molecule has 0 N–H and O–H groups in total. The SMILES string of the molecule is CCN1C(=CC=C2c3ccccc3Cn3c2[n+](C)c2ccccc23)Oc2cc(C)c(C)cc21. The molecule has 2 aliphatic rings. The number of aromatic nitrogens is 2. The standard InChI is InChI=1S/C29H28N3O/c1-5-31-26-16-19(2)20(3)17-27(26)33-28(31)15-14-23-22-11-7-6-10-21(22)18-32-25-13-9-8-12-24(25)30(4)29(23)32/h6-17H,5,18H2,1-4H3/q+1.